The molecule has 0 aromatic heterocycles. The van der Waals surface area contributed by atoms with Crippen molar-refractivity contribution in [2.24, 2.45) is 0 Å². The Hall–Kier alpha value is 0.620. The summed E-state index contributed by atoms with van der Waals surface area (Å²) in [5.41, 5.74) is 0. The largest absolute Gasteiger partial charge is 0.0623 e. The van der Waals surface area contributed by atoms with E-state index in [1.165, 1.54) is 0 Å². The molecule has 0 aliphatic heterocycles. The lowest BCUT2D eigenvalue weighted by atomic mass is 10.4. The van der Waals surface area contributed by atoms with Gasteiger partial charge in [-0.1, -0.05) is 36.4 Å². The van der Waals surface area contributed by atoms with Gasteiger partial charge in [-0.15, -0.1) is 0 Å². The normalized spacial score (nSPS) is 4.80. The van der Waals surface area contributed by atoms with Crippen LogP contribution in [0.2, 0.25) is 0 Å². The SMILES string of the molecule is [S].[S].[S].[S].c1ccccc1. The Balaban J connectivity index is -0.0000000450. The number of hydrogen-bond donors (Lipinski definition) is 0. The van der Waals surface area contributed by atoms with Gasteiger partial charge in [0.25, 0.3) is 0 Å². The zero-order valence-corrected chi connectivity index (χ0v) is 8.36. The van der Waals surface area contributed by atoms with Gasteiger partial charge in [-0.25, -0.2) is 0 Å². The van der Waals surface area contributed by atoms with Crippen molar-refractivity contribution in [3.05, 3.63) is 36.4 Å². The average molecular weight is 206 g/mol. The Morgan fingerprint density at radius 2 is 0.400 bits per heavy atom. The molecule has 1 aromatic rings. The van der Waals surface area contributed by atoms with Crippen LogP contribution in [-0.2, 0) is 0 Å². The van der Waals surface area contributed by atoms with Crippen LogP contribution in [0.1, 0.15) is 0 Å². The molecular formula is C6H6S4. The summed E-state index contributed by atoms with van der Waals surface area (Å²) in [4.78, 5) is 0. The van der Waals surface area contributed by atoms with Crippen molar-refractivity contribution in [3.63, 3.8) is 0 Å². The summed E-state index contributed by atoms with van der Waals surface area (Å²) in [6, 6.07) is 12.0. The first-order valence-corrected chi connectivity index (χ1v) is 2.00. The van der Waals surface area contributed by atoms with Gasteiger partial charge in [0.1, 0.15) is 0 Å². The van der Waals surface area contributed by atoms with Crippen LogP contribution < -0.4 is 0 Å². The molecule has 0 nitrogen and oxygen atoms in total. The molecule has 1 rings (SSSR count). The average Bonchev–Trinajstić information content (AvgIpc) is 1.72. The highest BCUT2D eigenvalue weighted by Crippen LogP contribution is 1.79. The van der Waals surface area contributed by atoms with Crippen LogP contribution in [0.25, 0.3) is 0 Å². The first kappa shape index (κ1) is 22.4. The van der Waals surface area contributed by atoms with Gasteiger partial charge in [-0.3, -0.25) is 0 Å². The second-order valence-corrected chi connectivity index (χ2v) is 1.15. The Morgan fingerprint density at radius 3 is 0.500 bits per heavy atom. The second-order valence-electron chi connectivity index (χ2n) is 1.15. The van der Waals surface area contributed by atoms with Gasteiger partial charge in [-0.2, -0.15) is 0 Å². The van der Waals surface area contributed by atoms with E-state index in [4.69, 9.17) is 0 Å². The molecule has 0 spiro atoms. The smallest absolute Gasteiger partial charge is 0 e. The topological polar surface area (TPSA) is 0 Å². The molecule has 0 unspecified atom stereocenters. The summed E-state index contributed by atoms with van der Waals surface area (Å²) in [5, 5.41) is 0. The summed E-state index contributed by atoms with van der Waals surface area (Å²) < 4.78 is 0. The van der Waals surface area contributed by atoms with E-state index in [1.54, 1.807) is 0 Å². The van der Waals surface area contributed by atoms with E-state index in [0.717, 1.165) is 0 Å². The first-order valence-electron chi connectivity index (χ1n) is 2.00. The van der Waals surface area contributed by atoms with Gasteiger partial charge < -0.3 is 0 Å². The van der Waals surface area contributed by atoms with Crippen molar-refractivity contribution < 1.29 is 0 Å². The Kier molecular flexibility index (Phi) is 36.6. The van der Waals surface area contributed by atoms with Crippen molar-refractivity contribution in [3.8, 4) is 0 Å². The number of hydrogen-bond acceptors (Lipinski definition) is 0. The fourth-order valence-electron chi connectivity index (χ4n) is 0.385. The van der Waals surface area contributed by atoms with Gasteiger partial charge in [0.2, 0.25) is 0 Å². The quantitative estimate of drug-likeness (QED) is 0.594. The lowest BCUT2D eigenvalue weighted by Crippen LogP contribution is -1.47. The van der Waals surface area contributed by atoms with Crippen molar-refractivity contribution in [2.45, 2.75) is 0 Å². The molecule has 0 atom stereocenters. The monoisotopic (exact) mass is 206 g/mol. The molecule has 0 saturated heterocycles. The van der Waals surface area contributed by atoms with Crippen molar-refractivity contribution in [1.29, 1.82) is 0 Å². The summed E-state index contributed by atoms with van der Waals surface area (Å²) >= 11 is 0. The van der Waals surface area contributed by atoms with Crippen LogP contribution in [0, 0.1) is 0 Å². The van der Waals surface area contributed by atoms with E-state index >= 15 is 0 Å². The minimum absolute atomic E-state index is 0. The maximum atomic E-state index is 2.00. The molecule has 0 saturated carbocycles. The van der Waals surface area contributed by atoms with Crippen molar-refractivity contribution in [2.75, 3.05) is 0 Å². The van der Waals surface area contributed by atoms with E-state index in [9.17, 15) is 0 Å². The molecule has 0 aliphatic rings. The van der Waals surface area contributed by atoms with Crippen LogP contribution in [0.15, 0.2) is 36.4 Å². The summed E-state index contributed by atoms with van der Waals surface area (Å²) in [5.74, 6) is 0. The molecule has 54 valence electrons. The molecule has 10 heavy (non-hydrogen) atoms. The van der Waals surface area contributed by atoms with Crippen molar-refractivity contribution in [1.82, 2.24) is 0 Å². The molecule has 0 bridgehead atoms. The van der Waals surface area contributed by atoms with Crippen LogP contribution in [0.3, 0.4) is 0 Å². The molecule has 0 heterocycles. The van der Waals surface area contributed by atoms with Gasteiger partial charge in [0.05, 0.1) is 0 Å². The van der Waals surface area contributed by atoms with Gasteiger partial charge in [0.15, 0.2) is 0 Å². The zero-order valence-electron chi connectivity index (χ0n) is 5.10. The highest BCUT2D eigenvalue weighted by atomic mass is 32.1. The molecule has 1 aromatic carbocycles. The van der Waals surface area contributed by atoms with E-state index in [1.807, 2.05) is 36.4 Å². The van der Waals surface area contributed by atoms with E-state index in [-0.39, 0.29) is 54.0 Å². The van der Waals surface area contributed by atoms with Gasteiger partial charge in [-0.05, 0) is 0 Å². The zero-order chi connectivity index (χ0) is 4.24. The second kappa shape index (κ2) is 16.3. The maximum absolute atomic E-state index is 2.00. The molecule has 0 N–H and O–H groups in total. The molecule has 0 fully saturated rings. The van der Waals surface area contributed by atoms with E-state index < -0.39 is 0 Å². The van der Waals surface area contributed by atoms with Gasteiger partial charge >= 0.3 is 0 Å². The third-order valence-corrected chi connectivity index (χ3v) is 0.667. The molecule has 0 aliphatic carbocycles. The fourth-order valence-corrected chi connectivity index (χ4v) is 0.385. The number of benzene rings is 1. The fraction of sp³-hybridized carbons (Fsp3) is 0. The van der Waals surface area contributed by atoms with Crippen molar-refractivity contribution >= 4 is 54.0 Å². The highest BCUT2D eigenvalue weighted by molar-refractivity contribution is 7.59. The van der Waals surface area contributed by atoms with E-state index in [2.05, 4.69) is 0 Å². The van der Waals surface area contributed by atoms with Crippen LogP contribution in [-0.4, -0.2) is 0 Å². The molecular weight excluding hydrogens is 200 g/mol. The molecule has 8 radical (unpaired) electrons. The minimum Gasteiger partial charge on any atom is -0.0623 e. The summed E-state index contributed by atoms with van der Waals surface area (Å²) in [6.07, 6.45) is 0. The lowest BCUT2D eigenvalue weighted by molar-refractivity contribution is 1.72. The molecule has 4 heteroatoms. The Labute approximate surface area is 90.2 Å². The van der Waals surface area contributed by atoms with E-state index in [0.29, 0.717) is 0 Å². The first-order chi connectivity index (χ1) is 3.00. The predicted octanol–water partition coefficient (Wildman–Crippen LogP) is 4.28. The summed E-state index contributed by atoms with van der Waals surface area (Å²) in [7, 11) is 0. The Bertz CT molecular complexity index is 81.7. The molecule has 0 amide bonds. The van der Waals surface area contributed by atoms with Crippen LogP contribution in [0.5, 0.6) is 0 Å². The highest BCUT2D eigenvalue weighted by Gasteiger charge is 1.57. The third-order valence-electron chi connectivity index (χ3n) is 0.667. The maximum Gasteiger partial charge on any atom is 0 e. The third kappa shape index (κ3) is 11.4. The standard InChI is InChI=1S/C6H6.4S/c1-2-4-6-5-3-1;;;;/h1-6H;;;;. The number of rotatable bonds is 0. The van der Waals surface area contributed by atoms with Crippen LogP contribution in [0.4, 0.5) is 0 Å². The predicted molar refractivity (Wildman–Crippen MR) is 56.8 cm³/mol. The van der Waals surface area contributed by atoms with Crippen LogP contribution >= 0.6 is 54.0 Å². The minimum atomic E-state index is 0. The Morgan fingerprint density at radius 1 is 0.300 bits per heavy atom. The summed E-state index contributed by atoms with van der Waals surface area (Å²) in [6.45, 7) is 0. The van der Waals surface area contributed by atoms with Gasteiger partial charge in [0, 0.05) is 54.0 Å². The lowest BCUT2D eigenvalue weighted by Gasteiger charge is -1.69.